The van der Waals surface area contributed by atoms with E-state index in [1.807, 2.05) is 6.92 Å². The second-order valence-corrected chi connectivity index (χ2v) is 8.89. The predicted molar refractivity (Wildman–Crippen MR) is 103 cm³/mol. The lowest BCUT2D eigenvalue weighted by Gasteiger charge is -2.62. The number of nitrogens with two attached hydrogens (primary N) is 2. The fourth-order valence-corrected chi connectivity index (χ4v) is 5.37. The average Bonchev–Trinajstić information content (AvgIpc) is 2.83. The summed E-state index contributed by atoms with van der Waals surface area (Å²) in [7, 11) is 1.44. The minimum Gasteiger partial charge on any atom is -0.385 e. The van der Waals surface area contributed by atoms with Crippen molar-refractivity contribution in [3.63, 3.8) is 0 Å². The number of carbonyl (C=O) groups is 5. The largest absolute Gasteiger partial charge is 0.385 e. The van der Waals surface area contributed by atoms with E-state index in [9.17, 15) is 24.0 Å². The van der Waals surface area contributed by atoms with Gasteiger partial charge in [0.1, 0.15) is 16.9 Å². The number of rotatable bonds is 4. The van der Waals surface area contributed by atoms with Gasteiger partial charge in [0.25, 0.3) is 17.7 Å². The van der Waals surface area contributed by atoms with Crippen LogP contribution in [0.5, 0.6) is 0 Å². The van der Waals surface area contributed by atoms with E-state index in [-0.39, 0.29) is 23.4 Å². The maximum atomic E-state index is 12.9. The van der Waals surface area contributed by atoms with Gasteiger partial charge in [-0.1, -0.05) is 13.3 Å². The SMILES string of the molecule is CCCCN1C(=O)C(=C(N)N)C(=O)N(C2CC3(C2)CC2(C3)NC(=O)N(C)C2=O)C1=O. The Labute approximate surface area is 173 Å². The van der Waals surface area contributed by atoms with Crippen molar-refractivity contribution in [2.24, 2.45) is 16.9 Å². The molecule has 7 amide bonds. The average molecular weight is 418 g/mol. The van der Waals surface area contributed by atoms with E-state index < -0.39 is 41.3 Å². The van der Waals surface area contributed by atoms with Crippen LogP contribution in [-0.4, -0.2) is 69.7 Å². The van der Waals surface area contributed by atoms with Crippen molar-refractivity contribution in [3.8, 4) is 0 Å². The van der Waals surface area contributed by atoms with Gasteiger partial charge < -0.3 is 16.8 Å². The van der Waals surface area contributed by atoms with Crippen LogP contribution in [0.25, 0.3) is 0 Å². The van der Waals surface area contributed by atoms with Crippen molar-refractivity contribution < 1.29 is 24.0 Å². The van der Waals surface area contributed by atoms with Crippen LogP contribution in [0.4, 0.5) is 9.59 Å². The molecule has 2 saturated carbocycles. The fraction of sp³-hybridized carbons (Fsp3) is 0.632. The molecule has 5 N–H and O–H groups in total. The summed E-state index contributed by atoms with van der Waals surface area (Å²) in [4.78, 5) is 65.8. The normalized spacial score (nSPS) is 33.4. The molecule has 4 aliphatic rings. The molecule has 4 fully saturated rings. The molecule has 4 rings (SSSR count). The molecule has 0 aromatic heterocycles. The van der Waals surface area contributed by atoms with Crippen LogP contribution >= 0.6 is 0 Å². The van der Waals surface area contributed by atoms with Crippen molar-refractivity contribution in [3.05, 3.63) is 11.4 Å². The van der Waals surface area contributed by atoms with E-state index in [0.717, 1.165) is 21.1 Å². The summed E-state index contributed by atoms with van der Waals surface area (Å²) in [5.41, 5.74) is 9.72. The van der Waals surface area contributed by atoms with E-state index in [1.54, 1.807) is 0 Å². The molecule has 0 atom stereocenters. The van der Waals surface area contributed by atoms with E-state index in [0.29, 0.717) is 32.1 Å². The number of unbranched alkanes of at least 4 members (excludes halogenated alkanes) is 1. The molecule has 11 nitrogen and oxygen atoms in total. The number of hydrogen-bond donors (Lipinski definition) is 3. The van der Waals surface area contributed by atoms with Crippen LogP contribution < -0.4 is 16.8 Å². The Balaban J connectivity index is 1.50. The van der Waals surface area contributed by atoms with Crippen LogP contribution in [0.1, 0.15) is 45.4 Å². The molecule has 0 unspecified atom stereocenters. The highest BCUT2D eigenvalue weighted by Crippen LogP contribution is 2.62. The first-order valence-electron chi connectivity index (χ1n) is 10.1. The van der Waals surface area contributed by atoms with Gasteiger partial charge >= 0.3 is 12.1 Å². The maximum Gasteiger partial charge on any atom is 0.334 e. The molecule has 162 valence electrons. The van der Waals surface area contributed by atoms with Gasteiger partial charge in [-0.15, -0.1) is 0 Å². The summed E-state index contributed by atoms with van der Waals surface area (Å²) >= 11 is 0. The minimum absolute atomic E-state index is 0.183. The molecule has 2 heterocycles. The summed E-state index contributed by atoms with van der Waals surface area (Å²) in [6, 6.07) is -1.47. The van der Waals surface area contributed by atoms with Crippen LogP contribution in [0.3, 0.4) is 0 Å². The lowest BCUT2D eigenvalue weighted by atomic mass is 9.46. The first-order valence-corrected chi connectivity index (χ1v) is 10.1. The predicted octanol–water partition coefficient (Wildman–Crippen LogP) is -0.431. The van der Waals surface area contributed by atoms with Crippen LogP contribution in [0.15, 0.2) is 11.4 Å². The van der Waals surface area contributed by atoms with Gasteiger partial charge in [0, 0.05) is 19.6 Å². The number of carbonyl (C=O) groups excluding carboxylic acids is 5. The third kappa shape index (κ3) is 2.60. The number of likely N-dealkylation sites (N-methyl/N-ethyl adjacent to an activating group) is 1. The van der Waals surface area contributed by atoms with Gasteiger partial charge in [-0.2, -0.15) is 0 Å². The number of barbiturate groups is 1. The van der Waals surface area contributed by atoms with E-state index in [1.165, 1.54) is 7.05 Å². The van der Waals surface area contributed by atoms with Crippen LogP contribution in [0.2, 0.25) is 0 Å². The Morgan fingerprint density at radius 1 is 1.10 bits per heavy atom. The van der Waals surface area contributed by atoms with Gasteiger partial charge in [0.2, 0.25) is 0 Å². The molecule has 2 saturated heterocycles. The highest BCUT2D eigenvalue weighted by atomic mass is 16.2. The highest BCUT2D eigenvalue weighted by molar-refractivity contribution is 6.29. The summed E-state index contributed by atoms with van der Waals surface area (Å²) < 4.78 is 0. The molecule has 30 heavy (non-hydrogen) atoms. The van der Waals surface area contributed by atoms with Crippen LogP contribution in [-0.2, 0) is 14.4 Å². The van der Waals surface area contributed by atoms with Gasteiger partial charge in [-0.05, 0) is 37.5 Å². The summed E-state index contributed by atoms with van der Waals surface area (Å²) in [5.74, 6) is -2.17. The quantitative estimate of drug-likeness (QED) is 0.317. The van der Waals surface area contributed by atoms with Crippen LogP contribution in [0, 0.1) is 5.41 Å². The van der Waals surface area contributed by atoms with Gasteiger partial charge in [-0.3, -0.25) is 29.1 Å². The Morgan fingerprint density at radius 3 is 2.23 bits per heavy atom. The first kappa shape index (κ1) is 20.2. The van der Waals surface area contributed by atoms with Gasteiger partial charge in [0.15, 0.2) is 0 Å². The second-order valence-electron chi connectivity index (χ2n) is 8.89. The van der Waals surface area contributed by atoms with Gasteiger partial charge in [-0.25, -0.2) is 9.59 Å². The summed E-state index contributed by atoms with van der Waals surface area (Å²) in [6.07, 6.45) is 3.33. The number of nitrogens with one attached hydrogen (secondary N) is 1. The molecule has 2 aliphatic carbocycles. The molecule has 0 radical (unpaired) electrons. The lowest BCUT2D eigenvalue weighted by molar-refractivity contribution is -0.156. The van der Waals surface area contributed by atoms with Crippen molar-refractivity contribution in [2.75, 3.05) is 13.6 Å². The zero-order valence-electron chi connectivity index (χ0n) is 17.1. The molecule has 0 aromatic rings. The zero-order valence-corrected chi connectivity index (χ0v) is 17.1. The van der Waals surface area contributed by atoms with Crippen molar-refractivity contribution >= 4 is 29.8 Å². The monoisotopic (exact) mass is 418 g/mol. The second kappa shape index (κ2) is 6.44. The smallest absolute Gasteiger partial charge is 0.334 e. The minimum atomic E-state index is -0.872. The number of nitrogens with zero attached hydrogens (tertiary/aromatic N) is 3. The topological polar surface area (TPSA) is 159 Å². The number of imide groups is 3. The Morgan fingerprint density at radius 2 is 1.73 bits per heavy atom. The molecule has 0 aromatic carbocycles. The number of amides is 7. The van der Waals surface area contributed by atoms with Crippen molar-refractivity contribution in [2.45, 2.75) is 57.0 Å². The first-order chi connectivity index (χ1) is 14.1. The van der Waals surface area contributed by atoms with Crippen molar-refractivity contribution in [1.29, 1.82) is 0 Å². The zero-order chi connectivity index (χ0) is 22.0. The van der Waals surface area contributed by atoms with E-state index in [4.69, 9.17) is 11.5 Å². The molecular formula is C19H26N6O5. The third-order valence-electron chi connectivity index (χ3n) is 6.77. The molecule has 11 heteroatoms. The Hall–Kier alpha value is -3.11. The third-order valence-corrected chi connectivity index (χ3v) is 6.77. The number of urea groups is 2. The summed E-state index contributed by atoms with van der Waals surface area (Å²) in [5, 5.41) is 2.76. The maximum absolute atomic E-state index is 12.9. The van der Waals surface area contributed by atoms with E-state index >= 15 is 0 Å². The van der Waals surface area contributed by atoms with Crippen molar-refractivity contribution in [1.82, 2.24) is 20.0 Å². The Kier molecular flexibility index (Phi) is 4.33. The standard InChI is InChI=1S/C19H26N6O5/c1-3-4-5-24-13(26)11(12(20)21)14(27)25(17(24)30)10-6-18(7-10)8-19(9-18)15(28)23(2)16(29)22-19/h10H,3-9,20-21H2,1-2H3,(H,22,29). The Bertz CT molecular complexity index is 893. The molecular weight excluding hydrogens is 392 g/mol. The number of hydrogen-bond acceptors (Lipinski definition) is 7. The molecule has 0 bridgehead atoms. The fourth-order valence-electron chi connectivity index (χ4n) is 5.37. The molecule has 2 aliphatic heterocycles. The van der Waals surface area contributed by atoms with Gasteiger partial charge in [0.05, 0.1) is 0 Å². The molecule has 2 spiro atoms. The summed E-state index contributed by atoms with van der Waals surface area (Å²) in [6.45, 7) is 2.11. The highest BCUT2D eigenvalue weighted by Gasteiger charge is 2.68. The van der Waals surface area contributed by atoms with E-state index in [2.05, 4.69) is 5.32 Å². The lowest BCUT2D eigenvalue weighted by Crippen LogP contribution is -2.71.